The molecule has 1 aromatic carbocycles. The Morgan fingerprint density at radius 1 is 1.14 bits per heavy atom. The maximum absolute atomic E-state index is 12.4. The molecule has 0 spiro atoms. The van der Waals surface area contributed by atoms with Crippen LogP contribution in [0.15, 0.2) is 30.3 Å². The van der Waals surface area contributed by atoms with E-state index in [1.54, 1.807) is 0 Å². The molecular weight excluding hydrogens is 280 g/mol. The molecule has 0 aliphatic carbocycles. The van der Waals surface area contributed by atoms with Gasteiger partial charge in [-0.15, -0.1) is 11.3 Å². The van der Waals surface area contributed by atoms with Crippen LogP contribution in [0.4, 0.5) is 0 Å². The summed E-state index contributed by atoms with van der Waals surface area (Å²) in [6.07, 6.45) is 0. The third kappa shape index (κ3) is 2.51. The minimum atomic E-state index is 0.100. The molecule has 3 rings (SSSR count). The number of carbonyl (C=O) groups is 1. The van der Waals surface area contributed by atoms with Gasteiger partial charge in [0, 0.05) is 23.9 Å². The van der Waals surface area contributed by atoms with E-state index in [9.17, 15) is 4.79 Å². The van der Waals surface area contributed by atoms with E-state index in [1.165, 1.54) is 16.9 Å². The highest BCUT2D eigenvalue weighted by atomic mass is 32.1. The lowest BCUT2D eigenvalue weighted by atomic mass is 10.1. The van der Waals surface area contributed by atoms with Crippen LogP contribution in [0.2, 0.25) is 0 Å². The first-order valence-corrected chi connectivity index (χ1v) is 8.04. The van der Waals surface area contributed by atoms with Crippen molar-refractivity contribution in [2.75, 3.05) is 13.1 Å². The molecule has 4 heteroatoms. The highest BCUT2D eigenvalue weighted by Gasteiger charge is 2.16. The van der Waals surface area contributed by atoms with Crippen LogP contribution >= 0.6 is 11.3 Å². The molecule has 2 aromatic heterocycles. The second-order valence-electron chi connectivity index (χ2n) is 5.17. The maximum atomic E-state index is 12.4. The summed E-state index contributed by atoms with van der Waals surface area (Å²) in [7, 11) is 0. The van der Waals surface area contributed by atoms with Crippen molar-refractivity contribution in [3.63, 3.8) is 0 Å². The van der Waals surface area contributed by atoms with Crippen LogP contribution in [0.5, 0.6) is 0 Å². The van der Waals surface area contributed by atoms with Crippen LogP contribution in [0.1, 0.15) is 29.1 Å². The number of fused-ring (bicyclic) bond motifs is 2. The largest absolute Gasteiger partial charge is 0.339 e. The average Bonchev–Trinajstić information content (AvgIpc) is 2.88. The smallest absolute Gasteiger partial charge is 0.264 e. The number of thiophene rings is 1. The second-order valence-corrected chi connectivity index (χ2v) is 6.20. The van der Waals surface area contributed by atoms with Gasteiger partial charge in [0.1, 0.15) is 4.83 Å². The molecule has 0 saturated heterocycles. The third-order valence-electron chi connectivity index (χ3n) is 3.72. The molecule has 3 aromatic rings. The predicted molar refractivity (Wildman–Crippen MR) is 89.1 cm³/mol. The monoisotopic (exact) mass is 298 g/mol. The Hall–Kier alpha value is -1.94. The number of hydrogen-bond donors (Lipinski definition) is 0. The van der Waals surface area contributed by atoms with Crippen molar-refractivity contribution in [1.29, 1.82) is 0 Å². The van der Waals surface area contributed by atoms with Crippen LogP contribution in [0, 0.1) is 6.92 Å². The molecule has 1 amide bonds. The van der Waals surface area contributed by atoms with Gasteiger partial charge in [-0.3, -0.25) is 4.79 Å². The minimum Gasteiger partial charge on any atom is -0.339 e. The number of pyridine rings is 1. The summed E-state index contributed by atoms with van der Waals surface area (Å²) in [5.41, 5.74) is 2.20. The number of hydrogen-bond acceptors (Lipinski definition) is 3. The van der Waals surface area contributed by atoms with Crippen molar-refractivity contribution in [2.24, 2.45) is 0 Å². The van der Waals surface area contributed by atoms with Gasteiger partial charge in [0.05, 0.1) is 10.4 Å². The van der Waals surface area contributed by atoms with Gasteiger partial charge in [-0.05, 0) is 45.0 Å². The summed E-state index contributed by atoms with van der Waals surface area (Å²) in [6.45, 7) is 7.55. The fourth-order valence-electron chi connectivity index (χ4n) is 2.53. The van der Waals surface area contributed by atoms with E-state index >= 15 is 0 Å². The lowest BCUT2D eigenvalue weighted by Gasteiger charge is -2.16. The van der Waals surface area contributed by atoms with Gasteiger partial charge in [-0.2, -0.15) is 0 Å². The zero-order valence-electron chi connectivity index (χ0n) is 12.5. The minimum absolute atomic E-state index is 0.100. The molecule has 0 aliphatic rings. The molecule has 0 aliphatic heterocycles. The van der Waals surface area contributed by atoms with E-state index in [1.807, 2.05) is 30.9 Å². The lowest BCUT2D eigenvalue weighted by molar-refractivity contribution is 0.0778. The van der Waals surface area contributed by atoms with Crippen molar-refractivity contribution in [2.45, 2.75) is 20.8 Å². The molecule has 2 heterocycles. The molecule has 0 bridgehead atoms. The van der Waals surface area contributed by atoms with E-state index < -0.39 is 0 Å². The Balaban J connectivity index is 2.11. The summed E-state index contributed by atoms with van der Waals surface area (Å²) < 4.78 is 0. The first-order valence-electron chi connectivity index (χ1n) is 7.22. The molecule has 0 fully saturated rings. The summed E-state index contributed by atoms with van der Waals surface area (Å²) >= 11 is 1.48. The molecule has 0 saturated carbocycles. The summed E-state index contributed by atoms with van der Waals surface area (Å²) in [5.74, 6) is 0.100. The van der Waals surface area contributed by atoms with Crippen LogP contribution < -0.4 is 0 Å². The van der Waals surface area contributed by atoms with E-state index in [-0.39, 0.29) is 5.91 Å². The summed E-state index contributed by atoms with van der Waals surface area (Å²) in [5, 5.41) is 2.18. The Labute approximate surface area is 128 Å². The molecule has 21 heavy (non-hydrogen) atoms. The topological polar surface area (TPSA) is 33.2 Å². The predicted octanol–water partition coefficient (Wildman–Crippen LogP) is 4.24. The van der Waals surface area contributed by atoms with E-state index in [0.717, 1.165) is 39.1 Å². The van der Waals surface area contributed by atoms with Crippen molar-refractivity contribution in [1.82, 2.24) is 9.88 Å². The van der Waals surface area contributed by atoms with E-state index in [4.69, 9.17) is 0 Å². The zero-order valence-corrected chi connectivity index (χ0v) is 13.3. The van der Waals surface area contributed by atoms with Crippen molar-refractivity contribution in [3.05, 3.63) is 40.8 Å². The summed E-state index contributed by atoms with van der Waals surface area (Å²) in [4.78, 5) is 20.7. The number of carbonyl (C=O) groups excluding carboxylic acids is 1. The van der Waals surface area contributed by atoms with Crippen LogP contribution in [0.25, 0.3) is 21.1 Å². The maximum Gasteiger partial charge on any atom is 0.264 e. The molecular formula is C17H18N2OS. The standard InChI is InChI=1S/C17H18N2OS/c1-4-19(5-2)17(20)15-10-13-9-12-8-11(3)6-7-14(12)18-16(13)21-15/h6-10H,4-5H2,1-3H3. The number of aryl methyl sites for hydroxylation is 1. The first-order chi connectivity index (χ1) is 10.1. The Kier molecular flexibility index (Phi) is 3.64. The highest BCUT2D eigenvalue weighted by Crippen LogP contribution is 2.28. The Morgan fingerprint density at radius 3 is 2.62 bits per heavy atom. The van der Waals surface area contributed by atoms with Gasteiger partial charge >= 0.3 is 0 Å². The van der Waals surface area contributed by atoms with E-state index in [2.05, 4.69) is 30.1 Å². The summed E-state index contributed by atoms with van der Waals surface area (Å²) in [6, 6.07) is 10.3. The molecule has 3 nitrogen and oxygen atoms in total. The second kappa shape index (κ2) is 5.45. The van der Waals surface area contributed by atoms with Crippen LogP contribution in [0.3, 0.4) is 0 Å². The van der Waals surface area contributed by atoms with Crippen LogP contribution in [-0.2, 0) is 0 Å². The zero-order chi connectivity index (χ0) is 15.0. The number of benzene rings is 1. The van der Waals surface area contributed by atoms with Gasteiger partial charge in [0.25, 0.3) is 5.91 Å². The van der Waals surface area contributed by atoms with Gasteiger partial charge in [0.15, 0.2) is 0 Å². The Bertz CT molecular complexity index is 818. The number of amides is 1. The third-order valence-corrected chi connectivity index (χ3v) is 4.75. The fraction of sp³-hybridized carbons (Fsp3) is 0.294. The SMILES string of the molecule is CCN(CC)C(=O)c1cc2cc3cc(C)ccc3nc2s1. The lowest BCUT2D eigenvalue weighted by Crippen LogP contribution is -2.29. The molecule has 0 atom stereocenters. The number of rotatable bonds is 3. The van der Waals surface area contributed by atoms with E-state index in [0.29, 0.717) is 0 Å². The first kappa shape index (κ1) is 14.0. The van der Waals surface area contributed by atoms with Crippen molar-refractivity contribution in [3.8, 4) is 0 Å². The van der Waals surface area contributed by atoms with Gasteiger partial charge in [0.2, 0.25) is 0 Å². The molecule has 108 valence electrons. The Morgan fingerprint density at radius 2 is 1.90 bits per heavy atom. The van der Waals surface area contributed by atoms with Crippen molar-refractivity contribution < 1.29 is 4.79 Å². The van der Waals surface area contributed by atoms with Gasteiger partial charge < -0.3 is 4.90 Å². The normalized spacial score (nSPS) is 11.2. The molecule has 0 N–H and O–H groups in total. The average molecular weight is 298 g/mol. The highest BCUT2D eigenvalue weighted by molar-refractivity contribution is 7.20. The molecule has 0 unspecified atom stereocenters. The molecule has 0 radical (unpaired) electrons. The quantitative estimate of drug-likeness (QED) is 0.724. The van der Waals surface area contributed by atoms with Gasteiger partial charge in [-0.1, -0.05) is 11.6 Å². The fourth-order valence-corrected chi connectivity index (χ4v) is 3.52. The van der Waals surface area contributed by atoms with Crippen molar-refractivity contribution >= 4 is 38.4 Å². The number of aromatic nitrogens is 1. The van der Waals surface area contributed by atoms with Gasteiger partial charge in [-0.25, -0.2) is 4.98 Å². The number of nitrogens with zero attached hydrogens (tertiary/aromatic N) is 2. The van der Waals surface area contributed by atoms with Crippen LogP contribution in [-0.4, -0.2) is 28.9 Å².